The molecule has 4 heteroatoms. The molecule has 18 heavy (non-hydrogen) atoms. The largest absolute Gasteiger partial charge is 0.363 e. The molecule has 1 N–H and O–H groups in total. The number of hydrogen-bond acceptors (Lipinski definition) is 4. The number of nitrogens with zero attached hydrogens (tertiary/aromatic N) is 2. The van der Waals surface area contributed by atoms with Crippen LogP contribution in [0.25, 0.3) is 0 Å². The van der Waals surface area contributed by atoms with Crippen LogP contribution in [0.5, 0.6) is 0 Å². The highest BCUT2D eigenvalue weighted by Gasteiger charge is 2.27. The monoisotopic (exact) mass is 269 g/mol. The van der Waals surface area contributed by atoms with Gasteiger partial charge in [0.05, 0.1) is 6.54 Å². The van der Waals surface area contributed by atoms with Crippen molar-refractivity contribution in [2.75, 3.05) is 26.7 Å². The van der Waals surface area contributed by atoms with E-state index in [1.54, 1.807) is 0 Å². The van der Waals surface area contributed by atoms with E-state index in [0.717, 1.165) is 19.0 Å². The van der Waals surface area contributed by atoms with Crippen LogP contribution in [0.3, 0.4) is 0 Å². The Kier molecular flexibility index (Phi) is 5.37. The molecule has 0 aromatic rings. The molecule has 0 spiro atoms. The highest BCUT2D eigenvalue weighted by atomic mass is 32.2. The third-order valence-corrected chi connectivity index (χ3v) is 5.75. The molecular formula is C14H27N3S. The Labute approximate surface area is 116 Å². The van der Waals surface area contributed by atoms with E-state index < -0.39 is 0 Å². The highest BCUT2D eigenvalue weighted by Crippen LogP contribution is 2.30. The van der Waals surface area contributed by atoms with Crippen molar-refractivity contribution < 1.29 is 0 Å². The van der Waals surface area contributed by atoms with Crippen molar-refractivity contribution in [3.05, 3.63) is 0 Å². The summed E-state index contributed by atoms with van der Waals surface area (Å²) in [5.41, 5.74) is 0. The molecular weight excluding hydrogens is 242 g/mol. The van der Waals surface area contributed by atoms with Crippen molar-refractivity contribution in [3.8, 4) is 0 Å². The van der Waals surface area contributed by atoms with Gasteiger partial charge in [0.25, 0.3) is 0 Å². The molecule has 0 amide bonds. The molecule has 2 rings (SSSR count). The Morgan fingerprint density at radius 1 is 1.44 bits per heavy atom. The molecule has 104 valence electrons. The summed E-state index contributed by atoms with van der Waals surface area (Å²) in [5.74, 6) is 0.826. The first-order valence-electron chi connectivity index (χ1n) is 7.39. The summed E-state index contributed by atoms with van der Waals surface area (Å²) in [5, 5.41) is 5.46. The van der Waals surface area contributed by atoms with Crippen molar-refractivity contribution in [1.82, 2.24) is 10.2 Å². The normalized spacial score (nSPS) is 29.0. The number of rotatable bonds is 5. The average molecular weight is 269 g/mol. The second-order valence-electron chi connectivity index (χ2n) is 5.54. The van der Waals surface area contributed by atoms with Gasteiger partial charge in [0.15, 0.2) is 5.17 Å². The van der Waals surface area contributed by atoms with E-state index in [0.29, 0.717) is 11.3 Å². The first-order valence-corrected chi connectivity index (χ1v) is 8.27. The van der Waals surface area contributed by atoms with Crippen LogP contribution in [0.1, 0.15) is 39.5 Å². The van der Waals surface area contributed by atoms with Gasteiger partial charge in [-0.2, -0.15) is 0 Å². The summed E-state index contributed by atoms with van der Waals surface area (Å²) < 4.78 is 0. The van der Waals surface area contributed by atoms with Gasteiger partial charge in [0.2, 0.25) is 0 Å². The van der Waals surface area contributed by atoms with E-state index in [-0.39, 0.29) is 0 Å². The van der Waals surface area contributed by atoms with Crippen molar-refractivity contribution in [2.24, 2.45) is 10.9 Å². The number of nitrogens with one attached hydrogen (secondary N) is 1. The summed E-state index contributed by atoms with van der Waals surface area (Å²) in [6.07, 6.45) is 5.24. The smallest absolute Gasteiger partial charge is 0.156 e. The van der Waals surface area contributed by atoms with E-state index in [4.69, 9.17) is 0 Å². The summed E-state index contributed by atoms with van der Waals surface area (Å²) in [6, 6.07) is 0.709. The van der Waals surface area contributed by atoms with Crippen LogP contribution < -0.4 is 5.32 Å². The van der Waals surface area contributed by atoms with Crippen LogP contribution in [0.2, 0.25) is 0 Å². The molecule has 0 bridgehead atoms. The Balaban J connectivity index is 1.72. The summed E-state index contributed by atoms with van der Waals surface area (Å²) >= 11 is 1.97. The van der Waals surface area contributed by atoms with Crippen LogP contribution >= 0.6 is 11.8 Å². The molecule has 1 saturated heterocycles. The zero-order chi connectivity index (χ0) is 13.0. The van der Waals surface area contributed by atoms with E-state index in [1.807, 2.05) is 11.8 Å². The molecule has 2 unspecified atom stereocenters. The third-order valence-electron chi connectivity index (χ3n) is 4.41. The molecule has 0 saturated carbocycles. The lowest BCUT2D eigenvalue weighted by atomic mass is 9.99. The molecule has 2 aliphatic heterocycles. The fraction of sp³-hybridized carbons (Fsp3) is 0.929. The number of aliphatic imine (C=N–C) groups is 1. The molecule has 2 heterocycles. The van der Waals surface area contributed by atoms with Gasteiger partial charge in [-0.3, -0.25) is 4.99 Å². The summed E-state index contributed by atoms with van der Waals surface area (Å²) in [6.45, 7) is 7.93. The molecule has 0 aliphatic carbocycles. The Bertz CT molecular complexity index is 289. The fourth-order valence-corrected chi connectivity index (χ4v) is 4.32. The van der Waals surface area contributed by atoms with E-state index >= 15 is 0 Å². The maximum absolute atomic E-state index is 4.67. The van der Waals surface area contributed by atoms with Gasteiger partial charge in [-0.15, -0.1) is 0 Å². The third kappa shape index (κ3) is 3.41. The minimum absolute atomic E-state index is 0.709. The Hall–Kier alpha value is -0.220. The average Bonchev–Trinajstić information content (AvgIpc) is 2.98. The second kappa shape index (κ2) is 6.80. The van der Waals surface area contributed by atoms with Crippen LogP contribution in [0.15, 0.2) is 4.99 Å². The lowest BCUT2D eigenvalue weighted by Gasteiger charge is -2.21. The maximum Gasteiger partial charge on any atom is 0.156 e. The molecule has 2 aliphatic rings. The number of likely N-dealkylation sites (tertiary alicyclic amines) is 1. The van der Waals surface area contributed by atoms with Gasteiger partial charge in [0.1, 0.15) is 0 Å². The first kappa shape index (κ1) is 14.2. The maximum atomic E-state index is 4.67. The van der Waals surface area contributed by atoms with Gasteiger partial charge in [-0.05, 0) is 32.4 Å². The lowest BCUT2D eigenvalue weighted by Crippen LogP contribution is -2.37. The molecule has 0 radical (unpaired) electrons. The van der Waals surface area contributed by atoms with E-state index in [9.17, 15) is 0 Å². The Morgan fingerprint density at radius 2 is 2.22 bits per heavy atom. The molecule has 3 nitrogen and oxygen atoms in total. The topological polar surface area (TPSA) is 27.6 Å². The summed E-state index contributed by atoms with van der Waals surface area (Å²) in [7, 11) is 2.23. The number of likely N-dealkylation sites (N-methyl/N-ethyl adjacent to an activating group) is 1. The van der Waals surface area contributed by atoms with Gasteiger partial charge < -0.3 is 10.2 Å². The van der Waals surface area contributed by atoms with Gasteiger partial charge in [-0.1, -0.05) is 38.5 Å². The van der Waals surface area contributed by atoms with Gasteiger partial charge in [-0.25, -0.2) is 0 Å². The van der Waals surface area contributed by atoms with Crippen molar-refractivity contribution >= 4 is 16.9 Å². The number of thioether (sulfide) groups is 1. The highest BCUT2D eigenvalue weighted by molar-refractivity contribution is 8.14. The van der Waals surface area contributed by atoms with Gasteiger partial charge in [0, 0.05) is 17.8 Å². The van der Waals surface area contributed by atoms with Crippen LogP contribution in [0.4, 0.5) is 0 Å². The molecule has 0 aromatic heterocycles. The SMILES string of the molecule is CCC(CC)C1CN=C(NCC2CCCN2C)S1. The quantitative estimate of drug-likeness (QED) is 0.831. The standard InChI is InChI=1S/C14H27N3S/c1-4-11(5-2)13-10-16-14(18-13)15-9-12-7-6-8-17(12)3/h11-13H,4-10H2,1-3H3,(H,15,16). The first-order chi connectivity index (χ1) is 8.74. The van der Waals surface area contributed by atoms with Crippen molar-refractivity contribution in [1.29, 1.82) is 0 Å². The fourth-order valence-electron chi connectivity index (χ4n) is 2.99. The zero-order valence-electron chi connectivity index (χ0n) is 12.0. The molecule has 1 fully saturated rings. The minimum atomic E-state index is 0.709. The van der Waals surface area contributed by atoms with E-state index in [1.165, 1.54) is 37.4 Å². The molecule has 2 atom stereocenters. The predicted octanol–water partition coefficient (Wildman–Crippen LogP) is 2.58. The minimum Gasteiger partial charge on any atom is -0.363 e. The predicted molar refractivity (Wildman–Crippen MR) is 81.4 cm³/mol. The molecule has 0 aromatic carbocycles. The summed E-state index contributed by atoms with van der Waals surface area (Å²) in [4.78, 5) is 7.13. The Morgan fingerprint density at radius 3 is 2.83 bits per heavy atom. The number of hydrogen-bond donors (Lipinski definition) is 1. The lowest BCUT2D eigenvalue weighted by molar-refractivity contribution is 0.310. The van der Waals surface area contributed by atoms with Crippen molar-refractivity contribution in [3.63, 3.8) is 0 Å². The number of amidine groups is 1. The zero-order valence-corrected chi connectivity index (χ0v) is 12.8. The van der Waals surface area contributed by atoms with Crippen LogP contribution in [0, 0.1) is 5.92 Å². The van der Waals surface area contributed by atoms with Crippen LogP contribution in [-0.4, -0.2) is 48.0 Å². The van der Waals surface area contributed by atoms with E-state index in [2.05, 4.69) is 36.1 Å². The second-order valence-corrected chi connectivity index (χ2v) is 6.76. The van der Waals surface area contributed by atoms with Crippen LogP contribution in [-0.2, 0) is 0 Å². The van der Waals surface area contributed by atoms with Gasteiger partial charge >= 0.3 is 0 Å². The van der Waals surface area contributed by atoms with Crippen molar-refractivity contribution in [2.45, 2.75) is 50.8 Å².